The molecule has 7 N–H and O–H groups in total. The van der Waals surface area contributed by atoms with Crippen molar-refractivity contribution in [3.63, 3.8) is 0 Å². The van der Waals surface area contributed by atoms with Crippen LogP contribution in [0.4, 0.5) is 0 Å². The van der Waals surface area contributed by atoms with Gasteiger partial charge in [0.05, 0.1) is 25.2 Å². The van der Waals surface area contributed by atoms with E-state index in [0.29, 0.717) is 0 Å². The molecule has 1 aromatic heterocycles. The van der Waals surface area contributed by atoms with Gasteiger partial charge in [0, 0.05) is 17.7 Å². The van der Waals surface area contributed by atoms with Gasteiger partial charge in [-0.3, -0.25) is 4.79 Å². The van der Waals surface area contributed by atoms with Crippen LogP contribution in [0.2, 0.25) is 0 Å². The molecule has 0 aliphatic carbocycles. The van der Waals surface area contributed by atoms with E-state index in [-0.39, 0.29) is 51.9 Å². The van der Waals surface area contributed by atoms with Gasteiger partial charge in [-0.15, -0.1) is 0 Å². The molecule has 9 atom stereocenters. The summed E-state index contributed by atoms with van der Waals surface area (Å²) in [7, 11) is 1.34. The van der Waals surface area contributed by atoms with Crippen molar-refractivity contribution in [2.45, 2.75) is 62.2 Å². The number of phenolic OH excluding ortho intramolecular Hbond substituents is 1. The molecule has 2 aromatic carbocycles. The van der Waals surface area contributed by atoms with E-state index in [4.69, 9.17) is 28.1 Å². The molecule has 2 fully saturated rings. The number of aliphatic hydroxyl groups excluding tert-OH is 6. The van der Waals surface area contributed by atoms with Crippen molar-refractivity contribution in [1.29, 1.82) is 0 Å². The molecule has 3 heterocycles. The average molecular weight is 579 g/mol. The molecule has 0 radical (unpaired) electrons. The van der Waals surface area contributed by atoms with Crippen LogP contribution in [0.25, 0.3) is 22.3 Å². The maximum absolute atomic E-state index is 13.0. The number of rotatable bonds is 6. The Labute approximate surface area is 232 Å². The normalized spacial score (nSPS) is 32.0. The number of phenols is 1. The van der Waals surface area contributed by atoms with Crippen LogP contribution in [0.15, 0.2) is 45.6 Å². The minimum atomic E-state index is -1.60. The zero-order valence-corrected chi connectivity index (χ0v) is 21.9. The molecular formula is C27H30O14. The van der Waals surface area contributed by atoms with Crippen LogP contribution in [-0.4, -0.2) is 105 Å². The summed E-state index contributed by atoms with van der Waals surface area (Å²) in [5.74, 6) is -0.305. The summed E-state index contributed by atoms with van der Waals surface area (Å²) in [6, 6.07) is 7.96. The maximum atomic E-state index is 13.0. The van der Waals surface area contributed by atoms with Gasteiger partial charge in [-0.1, -0.05) is 0 Å². The third-order valence-electron chi connectivity index (χ3n) is 7.01. The van der Waals surface area contributed by atoms with Gasteiger partial charge in [-0.05, 0) is 31.2 Å². The summed E-state index contributed by atoms with van der Waals surface area (Å²) < 4.78 is 33.3. The molecular weight excluding hydrogens is 548 g/mol. The standard InChI is InChI=1S/C27H30O14/c1-10-21(31)23(33)25(35)27(38-10)41-20-8-17-12(6-19(20)36-2)14(29)7-16(39-17)11-3-4-13(28)18(5-11)40-26-24(34)22(32)15(30)9-37-26/h3-8,10,15,21-28,30-35H,9H2,1-2H3. The first-order valence-electron chi connectivity index (χ1n) is 12.7. The van der Waals surface area contributed by atoms with E-state index in [1.165, 1.54) is 50.4 Å². The summed E-state index contributed by atoms with van der Waals surface area (Å²) in [5.41, 5.74) is -0.107. The molecule has 14 heteroatoms. The van der Waals surface area contributed by atoms with E-state index in [1.54, 1.807) is 0 Å². The fourth-order valence-corrected chi connectivity index (χ4v) is 4.56. The molecule has 0 amide bonds. The molecule has 0 saturated carbocycles. The highest BCUT2D eigenvalue weighted by atomic mass is 16.7. The van der Waals surface area contributed by atoms with Crippen molar-refractivity contribution in [1.82, 2.24) is 0 Å². The van der Waals surface area contributed by atoms with Gasteiger partial charge in [0.1, 0.15) is 48.0 Å². The Morgan fingerprint density at radius 3 is 2.24 bits per heavy atom. The lowest BCUT2D eigenvalue weighted by molar-refractivity contribution is -0.268. The Morgan fingerprint density at radius 1 is 0.805 bits per heavy atom. The van der Waals surface area contributed by atoms with Crippen molar-refractivity contribution in [2.24, 2.45) is 0 Å². The van der Waals surface area contributed by atoms with Crippen LogP contribution < -0.4 is 19.6 Å². The third kappa shape index (κ3) is 5.56. The first-order valence-corrected chi connectivity index (χ1v) is 12.7. The summed E-state index contributed by atoms with van der Waals surface area (Å²) in [5, 5.41) is 70.6. The number of aliphatic hydroxyl groups is 6. The number of fused-ring (bicyclic) bond motifs is 1. The Bertz CT molecular complexity index is 1460. The molecule has 0 bridgehead atoms. The van der Waals surface area contributed by atoms with E-state index in [2.05, 4.69) is 0 Å². The first kappa shape index (κ1) is 29.0. The van der Waals surface area contributed by atoms with Crippen molar-refractivity contribution < 1.29 is 63.8 Å². The van der Waals surface area contributed by atoms with Gasteiger partial charge < -0.3 is 63.8 Å². The average Bonchev–Trinajstić information content (AvgIpc) is 2.95. The third-order valence-corrected chi connectivity index (χ3v) is 7.01. The Hall–Kier alpha value is -3.47. The van der Waals surface area contributed by atoms with Crippen molar-refractivity contribution in [2.75, 3.05) is 13.7 Å². The molecule has 14 nitrogen and oxygen atoms in total. The number of hydrogen-bond acceptors (Lipinski definition) is 14. The largest absolute Gasteiger partial charge is 0.504 e. The van der Waals surface area contributed by atoms with Crippen LogP contribution in [-0.2, 0) is 9.47 Å². The second-order valence-electron chi connectivity index (χ2n) is 9.82. The number of aromatic hydroxyl groups is 1. The van der Waals surface area contributed by atoms with E-state index in [0.717, 1.165) is 0 Å². The van der Waals surface area contributed by atoms with E-state index >= 15 is 0 Å². The lowest BCUT2D eigenvalue weighted by Gasteiger charge is -2.39. The van der Waals surface area contributed by atoms with Crippen LogP contribution in [0.3, 0.4) is 0 Å². The second kappa shape index (κ2) is 11.4. The van der Waals surface area contributed by atoms with E-state index in [1.807, 2.05) is 0 Å². The SMILES string of the molecule is COc1cc2c(=O)cc(-c3ccc(O)c(OC4OCC(O)C(O)C4O)c3)oc2cc1OC1OC(C)C(O)C(O)C1O. The lowest BCUT2D eigenvalue weighted by atomic mass is 10.00. The summed E-state index contributed by atoms with van der Waals surface area (Å²) in [4.78, 5) is 13.0. The molecule has 41 heavy (non-hydrogen) atoms. The zero-order chi connectivity index (χ0) is 29.6. The summed E-state index contributed by atoms with van der Waals surface area (Å²) in [6.07, 6.45) is -12.5. The molecule has 3 aromatic rings. The molecule has 0 spiro atoms. The number of methoxy groups -OCH3 is 1. The van der Waals surface area contributed by atoms with Crippen molar-refractivity contribution in [3.8, 4) is 34.3 Å². The molecule has 222 valence electrons. The fraction of sp³-hybridized carbons (Fsp3) is 0.444. The Morgan fingerprint density at radius 2 is 1.51 bits per heavy atom. The zero-order valence-electron chi connectivity index (χ0n) is 21.9. The van der Waals surface area contributed by atoms with Gasteiger partial charge >= 0.3 is 0 Å². The molecule has 5 rings (SSSR count). The maximum Gasteiger partial charge on any atom is 0.229 e. The lowest BCUT2D eigenvalue weighted by Crippen LogP contribution is -2.58. The van der Waals surface area contributed by atoms with Crippen molar-refractivity contribution >= 4 is 11.0 Å². The Kier molecular flexibility index (Phi) is 8.09. The van der Waals surface area contributed by atoms with Crippen LogP contribution in [0.1, 0.15) is 6.92 Å². The molecule has 2 aliphatic rings. The highest BCUT2D eigenvalue weighted by Crippen LogP contribution is 2.37. The summed E-state index contributed by atoms with van der Waals surface area (Å²) >= 11 is 0. The van der Waals surface area contributed by atoms with Crippen LogP contribution in [0.5, 0.6) is 23.0 Å². The quantitative estimate of drug-likeness (QED) is 0.191. The van der Waals surface area contributed by atoms with Gasteiger partial charge in [0.25, 0.3) is 0 Å². The van der Waals surface area contributed by atoms with Gasteiger partial charge in [-0.2, -0.15) is 0 Å². The monoisotopic (exact) mass is 578 g/mol. The predicted molar refractivity (Wildman–Crippen MR) is 138 cm³/mol. The van der Waals surface area contributed by atoms with E-state index < -0.39 is 60.7 Å². The van der Waals surface area contributed by atoms with Crippen molar-refractivity contribution in [3.05, 3.63) is 46.6 Å². The first-order chi connectivity index (χ1) is 19.5. The second-order valence-corrected chi connectivity index (χ2v) is 9.82. The fourth-order valence-electron chi connectivity index (χ4n) is 4.56. The summed E-state index contributed by atoms with van der Waals surface area (Å²) in [6.45, 7) is 1.19. The molecule has 2 saturated heterocycles. The predicted octanol–water partition coefficient (Wildman–Crippen LogP) is -0.802. The Balaban J connectivity index is 1.47. The number of hydrogen-bond donors (Lipinski definition) is 7. The van der Waals surface area contributed by atoms with Crippen LogP contribution in [0, 0.1) is 0 Å². The van der Waals surface area contributed by atoms with E-state index in [9.17, 15) is 40.5 Å². The number of ether oxygens (including phenoxy) is 5. The van der Waals surface area contributed by atoms with Gasteiger partial charge in [-0.25, -0.2) is 0 Å². The highest BCUT2D eigenvalue weighted by Gasteiger charge is 2.43. The highest BCUT2D eigenvalue weighted by molar-refractivity contribution is 5.82. The topological polar surface area (TPSA) is 218 Å². The number of benzene rings is 2. The van der Waals surface area contributed by atoms with Crippen LogP contribution >= 0.6 is 0 Å². The minimum Gasteiger partial charge on any atom is -0.504 e. The van der Waals surface area contributed by atoms with Gasteiger partial charge in [0.2, 0.25) is 12.6 Å². The molecule has 9 unspecified atom stereocenters. The minimum absolute atomic E-state index is 0.0130. The molecule has 2 aliphatic heterocycles. The smallest absolute Gasteiger partial charge is 0.229 e. The van der Waals surface area contributed by atoms with Gasteiger partial charge in [0.15, 0.2) is 28.4 Å².